The van der Waals surface area contributed by atoms with Crippen LogP contribution in [-0.4, -0.2) is 41.4 Å². The molecule has 2 unspecified atom stereocenters. The maximum Gasteiger partial charge on any atom is 0.239 e. The molecule has 0 radical (unpaired) electrons. The number of likely N-dealkylation sites (tertiary alicyclic amines) is 1. The van der Waals surface area contributed by atoms with Crippen molar-refractivity contribution >= 4 is 17.2 Å². The van der Waals surface area contributed by atoms with E-state index in [1.807, 2.05) is 30.1 Å². The molecule has 122 valence electrons. The molecule has 2 heterocycles. The smallest absolute Gasteiger partial charge is 0.239 e. The normalized spacial score (nSPS) is 20.1. The number of likely N-dealkylation sites (N-methyl/N-ethyl adjacent to an activating group) is 1. The van der Waals surface area contributed by atoms with E-state index in [4.69, 9.17) is 0 Å². The summed E-state index contributed by atoms with van der Waals surface area (Å²) in [6, 6.07) is 4.75. The van der Waals surface area contributed by atoms with Gasteiger partial charge in [0.2, 0.25) is 5.91 Å². The van der Waals surface area contributed by atoms with Crippen LogP contribution in [0.2, 0.25) is 0 Å². The third-order valence-corrected chi connectivity index (χ3v) is 5.49. The average Bonchev–Trinajstić information content (AvgIpc) is 3.11. The van der Waals surface area contributed by atoms with Crippen molar-refractivity contribution in [3.05, 3.63) is 34.0 Å². The Hall–Kier alpha value is -1.13. The fraction of sp³-hybridized carbons (Fsp3) is 0.611. The Kier molecular flexibility index (Phi) is 5.81. The zero-order chi connectivity index (χ0) is 16.3. The Balaban J connectivity index is 2.11. The third-order valence-electron chi connectivity index (χ3n) is 4.39. The predicted molar refractivity (Wildman–Crippen MR) is 94.3 cm³/mol. The summed E-state index contributed by atoms with van der Waals surface area (Å²) >= 11 is 1.86. The van der Waals surface area contributed by atoms with Crippen LogP contribution >= 0.6 is 11.3 Å². The summed E-state index contributed by atoms with van der Waals surface area (Å²) < 4.78 is 0. The number of aryl methyl sites for hydroxylation is 1. The topological polar surface area (TPSA) is 23.6 Å². The van der Waals surface area contributed by atoms with Crippen LogP contribution in [0.25, 0.3) is 0 Å². The van der Waals surface area contributed by atoms with Crippen LogP contribution in [0.15, 0.2) is 24.3 Å². The van der Waals surface area contributed by atoms with Crippen LogP contribution < -0.4 is 0 Å². The van der Waals surface area contributed by atoms with E-state index in [-0.39, 0.29) is 11.9 Å². The van der Waals surface area contributed by atoms with Gasteiger partial charge in [-0.15, -0.1) is 11.3 Å². The van der Waals surface area contributed by atoms with Gasteiger partial charge < -0.3 is 4.90 Å². The van der Waals surface area contributed by atoms with E-state index in [0.717, 1.165) is 25.1 Å². The first kappa shape index (κ1) is 17.2. The molecule has 0 saturated carbocycles. The van der Waals surface area contributed by atoms with Gasteiger partial charge in [-0.2, -0.15) is 0 Å². The van der Waals surface area contributed by atoms with E-state index in [1.54, 1.807) is 0 Å². The Morgan fingerprint density at radius 1 is 1.55 bits per heavy atom. The van der Waals surface area contributed by atoms with Crippen LogP contribution in [0.1, 0.15) is 49.4 Å². The maximum absolute atomic E-state index is 12.8. The van der Waals surface area contributed by atoms with Crippen molar-refractivity contribution in [2.24, 2.45) is 0 Å². The summed E-state index contributed by atoms with van der Waals surface area (Å²) in [6.45, 7) is 14.6. The monoisotopic (exact) mass is 320 g/mol. The fourth-order valence-electron chi connectivity index (χ4n) is 3.27. The largest absolute Gasteiger partial charge is 0.338 e. The molecule has 4 heteroatoms. The van der Waals surface area contributed by atoms with Crippen LogP contribution in [0.5, 0.6) is 0 Å². The van der Waals surface area contributed by atoms with Crippen molar-refractivity contribution in [1.29, 1.82) is 0 Å². The van der Waals surface area contributed by atoms with Crippen molar-refractivity contribution in [2.45, 2.75) is 52.6 Å². The highest BCUT2D eigenvalue weighted by atomic mass is 32.1. The first-order chi connectivity index (χ1) is 10.4. The molecule has 0 N–H and O–H groups in total. The zero-order valence-corrected chi connectivity index (χ0v) is 15.1. The lowest BCUT2D eigenvalue weighted by Crippen LogP contribution is -2.47. The van der Waals surface area contributed by atoms with Crippen molar-refractivity contribution < 1.29 is 4.79 Å². The number of carbonyl (C=O) groups excluding carboxylic acids is 1. The minimum Gasteiger partial charge on any atom is -0.338 e. The highest BCUT2D eigenvalue weighted by Crippen LogP contribution is 2.37. The Labute approximate surface area is 138 Å². The summed E-state index contributed by atoms with van der Waals surface area (Å²) in [5.41, 5.74) is 1.04. The summed E-state index contributed by atoms with van der Waals surface area (Å²) in [7, 11) is 0. The molecule has 1 aliphatic rings. The molecule has 0 aliphatic carbocycles. The molecule has 0 spiro atoms. The number of hydrogen-bond donors (Lipinski definition) is 0. The van der Waals surface area contributed by atoms with Crippen LogP contribution in [0, 0.1) is 6.92 Å². The molecule has 1 aromatic rings. The summed E-state index contributed by atoms with van der Waals surface area (Å²) in [5.74, 6) is 0.227. The molecule has 1 saturated heterocycles. The summed E-state index contributed by atoms with van der Waals surface area (Å²) in [5, 5.41) is 0. The third kappa shape index (κ3) is 3.79. The van der Waals surface area contributed by atoms with E-state index in [1.165, 1.54) is 16.2 Å². The molecule has 1 aromatic heterocycles. The van der Waals surface area contributed by atoms with Crippen LogP contribution in [0.4, 0.5) is 0 Å². The maximum atomic E-state index is 12.8. The van der Waals surface area contributed by atoms with Gasteiger partial charge >= 0.3 is 0 Å². The number of amides is 1. The standard InChI is InChI=1S/C18H28N2OS/c1-6-19(12-13(2)3)18(21)15(5)20-11-7-8-16(20)17-10-9-14(4)22-17/h9-10,15-16H,2,6-8,11-12H2,1,3-5H3. The van der Waals surface area contributed by atoms with E-state index in [9.17, 15) is 4.79 Å². The van der Waals surface area contributed by atoms with Gasteiger partial charge in [-0.05, 0) is 59.2 Å². The van der Waals surface area contributed by atoms with Gasteiger partial charge in [-0.25, -0.2) is 0 Å². The predicted octanol–water partition coefficient (Wildman–Crippen LogP) is 4.01. The number of rotatable bonds is 6. The van der Waals surface area contributed by atoms with Crippen molar-refractivity contribution in [1.82, 2.24) is 9.80 Å². The Morgan fingerprint density at radius 2 is 2.27 bits per heavy atom. The minimum absolute atomic E-state index is 0.0609. The van der Waals surface area contributed by atoms with Crippen molar-refractivity contribution in [3.8, 4) is 0 Å². The zero-order valence-electron chi connectivity index (χ0n) is 14.3. The van der Waals surface area contributed by atoms with Gasteiger partial charge in [0.25, 0.3) is 0 Å². The Morgan fingerprint density at radius 3 is 2.82 bits per heavy atom. The molecular formula is C18H28N2OS. The Bertz CT molecular complexity index is 537. The molecule has 1 aliphatic heterocycles. The van der Waals surface area contributed by atoms with Gasteiger partial charge in [0.15, 0.2) is 0 Å². The quantitative estimate of drug-likeness (QED) is 0.740. The molecule has 3 nitrogen and oxygen atoms in total. The van der Waals surface area contributed by atoms with Gasteiger partial charge in [-0.3, -0.25) is 9.69 Å². The van der Waals surface area contributed by atoms with E-state index < -0.39 is 0 Å². The summed E-state index contributed by atoms with van der Waals surface area (Å²) in [6.07, 6.45) is 2.33. The van der Waals surface area contributed by atoms with E-state index >= 15 is 0 Å². The molecule has 0 aromatic carbocycles. The van der Waals surface area contributed by atoms with Crippen molar-refractivity contribution in [2.75, 3.05) is 19.6 Å². The first-order valence-electron chi connectivity index (χ1n) is 8.19. The van der Waals surface area contributed by atoms with Gasteiger partial charge in [0.1, 0.15) is 0 Å². The van der Waals surface area contributed by atoms with Gasteiger partial charge in [0, 0.05) is 28.9 Å². The van der Waals surface area contributed by atoms with Crippen molar-refractivity contribution in [3.63, 3.8) is 0 Å². The number of nitrogens with zero attached hydrogens (tertiary/aromatic N) is 2. The van der Waals surface area contributed by atoms with Gasteiger partial charge in [-0.1, -0.05) is 12.2 Å². The molecule has 2 rings (SSSR count). The number of hydrogen-bond acceptors (Lipinski definition) is 3. The first-order valence-corrected chi connectivity index (χ1v) is 9.01. The van der Waals surface area contributed by atoms with E-state index in [0.29, 0.717) is 12.6 Å². The SMILES string of the molecule is C=C(C)CN(CC)C(=O)C(C)N1CCCC1c1ccc(C)s1. The van der Waals surface area contributed by atoms with Crippen LogP contribution in [-0.2, 0) is 4.79 Å². The average molecular weight is 321 g/mol. The number of carbonyl (C=O) groups is 1. The minimum atomic E-state index is -0.0609. The van der Waals surface area contributed by atoms with Crippen LogP contribution in [0.3, 0.4) is 0 Å². The lowest BCUT2D eigenvalue weighted by Gasteiger charge is -2.33. The van der Waals surface area contributed by atoms with Gasteiger partial charge in [0.05, 0.1) is 6.04 Å². The molecule has 0 bridgehead atoms. The molecule has 22 heavy (non-hydrogen) atoms. The lowest BCUT2D eigenvalue weighted by atomic mass is 10.1. The second kappa shape index (κ2) is 7.42. The highest BCUT2D eigenvalue weighted by molar-refractivity contribution is 7.12. The fourth-order valence-corrected chi connectivity index (χ4v) is 4.30. The highest BCUT2D eigenvalue weighted by Gasteiger charge is 2.35. The summed E-state index contributed by atoms with van der Waals surface area (Å²) in [4.78, 5) is 19.9. The second-order valence-electron chi connectivity index (χ2n) is 6.33. The molecule has 1 amide bonds. The second-order valence-corrected chi connectivity index (χ2v) is 7.65. The molecular weight excluding hydrogens is 292 g/mol. The molecule has 1 fully saturated rings. The lowest BCUT2D eigenvalue weighted by molar-refractivity contribution is -0.136. The van der Waals surface area contributed by atoms with E-state index in [2.05, 4.69) is 37.5 Å². The number of thiophene rings is 1. The molecule has 2 atom stereocenters.